The van der Waals surface area contributed by atoms with Gasteiger partial charge in [-0.1, -0.05) is 11.6 Å². The molecule has 0 bridgehead atoms. The fourth-order valence-electron chi connectivity index (χ4n) is 3.24. The van der Waals surface area contributed by atoms with Crippen LogP contribution in [0.15, 0.2) is 29.8 Å². The molecule has 29 heavy (non-hydrogen) atoms. The van der Waals surface area contributed by atoms with Crippen LogP contribution in [0.5, 0.6) is 0 Å². The Morgan fingerprint density at radius 1 is 1.10 bits per heavy atom. The highest BCUT2D eigenvalue weighted by atomic mass is 35.5. The minimum absolute atomic E-state index is 0.00517. The van der Waals surface area contributed by atoms with Crippen LogP contribution >= 0.6 is 23.8 Å². The molecule has 1 aromatic heterocycles. The average Bonchev–Trinajstić information content (AvgIpc) is 2.94. The van der Waals surface area contributed by atoms with Gasteiger partial charge in [0.25, 0.3) is 17.5 Å². The first-order valence-electron chi connectivity index (χ1n) is 8.49. The maximum Gasteiger partial charge on any atom is 0.288 e. The number of benzene rings is 1. The van der Waals surface area contributed by atoms with E-state index in [4.69, 9.17) is 23.8 Å². The Labute approximate surface area is 177 Å². The molecular weight excluding hydrogens is 416 g/mol. The maximum atomic E-state index is 12.5. The molecule has 150 valence electrons. The van der Waals surface area contributed by atoms with Gasteiger partial charge in [-0.15, -0.1) is 0 Å². The highest BCUT2D eigenvalue weighted by Crippen LogP contribution is 2.30. The molecule has 2 aromatic rings. The van der Waals surface area contributed by atoms with Gasteiger partial charge in [-0.25, -0.2) is 0 Å². The smallest absolute Gasteiger partial charge is 0.288 e. The van der Waals surface area contributed by atoms with Gasteiger partial charge >= 0.3 is 0 Å². The number of thiocarbonyl (C=S) groups is 1. The van der Waals surface area contributed by atoms with Crippen molar-refractivity contribution < 1.29 is 14.5 Å². The molecule has 0 N–H and O–H groups in total. The molecule has 1 fully saturated rings. The number of carbonyl (C=O) groups excluding carboxylic acids is 2. The zero-order valence-corrected chi connectivity index (χ0v) is 17.7. The molecule has 10 heteroatoms. The number of rotatable bonds is 3. The molecule has 0 spiro atoms. The predicted octanol–water partition coefficient (Wildman–Crippen LogP) is 3.25. The number of likely N-dealkylation sites (N-methyl/N-ethyl adjacent to an activating group) is 2. The first-order chi connectivity index (χ1) is 13.5. The Hall–Kier alpha value is -3.04. The number of nitro groups is 1. The number of nitrogens with zero attached hydrogens (tertiary/aromatic N) is 4. The minimum atomic E-state index is -0.547. The molecule has 2 heterocycles. The lowest BCUT2D eigenvalue weighted by molar-refractivity contribution is -0.384. The van der Waals surface area contributed by atoms with Crippen LogP contribution in [0.3, 0.4) is 0 Å². The molecule has 0 unspecified atom stereocenters. The summed E-state index contributed by atoms with van der Waals surface area (Å²) < 4.78 is 1.85. The molecule has 0 radical (unpaired) electrons. The summed E-state index contributed by atoms with van der Waals surface area (Å²) in [6.45, 7) is 3.67. The van der Waals surface area contributed by atoms with Crippen molar-refractivity contribution in [1.29, 1.82) is 0 Å². The highest BCUT2D eigenvalue weighted by Gasteiger charge is 2.35. The molecule has 1 saturated heterocycles. The van der Waals surface area contributed by atoms with Crippen LogP contribution in [0, 0.1) is 24.0 Å². The van der Waals surface area contributed by atoms with Gasteiger partial charge in [-0.2, -0.15) is 0 Å². The molecule has 3 rings (SSSR count). The highest BCUT2D eigenvalue weighted by molar-refractivity contribution is 7.80. The third-order valence-electron chi connectivity index (χ3n) is 4.80. The van der Waals surface area contributed by atoms with Crippen molar-refractivity contribution in [3.05, 3.63) is 61.9 Å². The lowest BCUT2D eigenvalue weighted by atomic mass is 10.1. The summed E-state index contributed by atoms with van der Waals surface area (Å²) >= 11 is 11.1. The van der Waals surface area contributed by atoms with Gasteiger partial charge in [0.2, 0.25) is 0 Å². The van der Waals surface area contributed by atoms with Gasteiger partial charge in [-0.05, 0) is 55.9 Å². The second-order valence-corrected chi connectivity index (χ2v) is 7.40. The third-order valence-corrected chi connectivity index (χ3v) is 5.65. The Bertz CT molecular complexity index is 1100. The summed E-state index contributed by atoms with van der Waals surface area (Å²) in [5.41, 5.74) is 2.69. The quantitative estimate of drug-likeness (QED) is 0.244. The normalized spacial score (nSPS) is 14.7. The SMILES string of the molecule is Cc1cc(C=C2C(=O)N(C)C(=S)N(C)C2=O)c(C)n1-c1ccc([N+](=O)[O-])c(Cl)c1. The van der Waals surface area contributed by atoms with Crippen molar-refractivity contribution in [2.75, 3.05) is 14.1 Å². The number of amides is 2. The summed E-state index contributed by atoms with van der Waals surface area (Å²) in [4.78, 5) is 38.0. The van der Waals surface area contributed by atoms with E-state index in [0.29, 0.717) is 11.3 Å². The van der Waals surface area contributed by atoms with Crippen LogP contribution in [-0.4, -0.2) is 50.3 Å². The van der Waals surface area contributed by atoms with E-state index in [1.807, 2.05) is 24.5 Å². The number of aromatic nitrogens is 1. The van der Waals surface area contributed by atoms with Crippen LogP contribution in [0.2, 0.25) is 5.02 Å². The van der Waals surface area contributed by atoms with E-state index in [0.717, 1.165) is 11.4 Å². The van der Waals surface area contributed by atoms with Crippen molar-refractivity contribution in [3.63, 3.8) is 0 Å². The summed E-state index contributed by atoms with van der Waals surface area (Å²) in [5.74, 6) is -0.942. The molecule has 8 nitrogen and oxygen atoms in total. The summed E-state index contributed by atoms with van der Waals surface area (Å²) in [5, 5.41) is 11.2. The third kappa shape index (κ3) is 3.43. The number of nitro benzene ring substituents is 1. The van der Waals surface area contributed by atoms with E-state index in [2.05, 4.69) is 0 Å². The summed E-state index contributed by atoms with van der Waals surface area (Å²) in [7, 11) is 3.03. The van der Waals surface area contributed by atoms with Gasteiger partial charge in [0.15, 0.2) is 5.11 Å². The molecule has 0 atom stereocenters. The number of halogens is 1. The van der Waals surface area contributed by atoms with Crippen molar-refractivity contribution in [3.8, 4) is 5.69 Å². The zero-order valence-electron chi connectivity index (χ0n) is 16.1. The molecule has 2 amide bonds. The number of hydrogen-bond acceptors (Lipinski definition) is 5. The van der Waals surface area contributed by atoms with Crippen LogP contribution in [0.1, 0.15) is 17.0 Å². The number of hydrogen-bond donors (Lipinski definition) is 0. The first kappa shape index (κ1) is 20.7. The molecule has 1 aliphatic rings. The molecule has 0 saturated carbocycles. The van der Waals surface area contributed by atoms with Gasteiger partial charge in [0.1, 0.15) is 10.6 Å². The molecule has 0 aliphatic carbocycles. The monoisotopic (exact) mass is 432 g/mol. The van der Waals surface area contributed by atoms with Crippen molar-refractivity contribution in [2.24, 2.45) is 0 Å². The number of carbonyl (C=O) groups is 2. The fraction of sp³-hybridized carbons (Fsp3) is 0.211. The zero-order chi connectivity index (χ0) is 21.6. The Kier molecular flexibility index (Phi) is 5.29. The van der Waals surface area contributed by atoms with E-state index in [-0.39, 0.29) is 21.4 Å². The molecule has 1 aromatic carbocycles. The molecule has 1 aliphatic heterocycles. The van der Waals surface area contributed by atoms with Gasteiger partial charge in [-0.3, -0.25) is 29.5 Å². The summed E-state index contributed by atoms with van der Waals surface area (Å²) in [6, 6.07) is 6.27. The summed E-state index contributed by atoms with van der Waals surface area (Å²) in [6.07, 6.45) is 1.53. The standard InChI is InChI=1S/C19H17ClN4O4S/c1-10-7-12(8-14-17(25)21(3)19(29)22(4)18(14)26)11(2)23(10)13-5-6-16(24(27)28)15(20)9-13/h5-9H,1-4H3. The lowest BCUT2D eigenvalue weighted by Crippen LogP contribution is -2.52. The van der Waals surface area contributed by atoms with Gasteiger partial charge in [0.05, 0.1) is 4.92 Å². The van der Waals surface area contributed by atoms with E-state index in [9.17, 15) is 19.7 Å². The van der Waals surface area contributed by atoms with Crippen LogP contribution in [0.4, 0.5) is 5.69 Å². The van der Waals surface area contributed by atoms with Gasteiger partial charge < -0.3 is 4.57 Å². The van der Waals surface area contributed by atoms with E-state index >= 15 is 0 Å². The fourth-order valence-corrected chi connectivity index (χ4v) is 3.65. The lowest BCUT2D eigenvalue weighted by Gasteiger charge is -2.31. The van der Waals surface area contributed by atoms with Crippen LogP contribution in [-0.2, 0) is 9.59 Å². The Morgan fingerprint density at radius 3 is 2.21 bits per heavy atom. The van der Waals surface area contributed by atoms with E-state index < -0.39 is 16.7 Å². The van der Waals surface area contributed by atoms with Crippen LogP contribution < -0.4 is 0 Å². The number of aryl methyl sites for hydroxylation is 1. The second kappa shape index (κ2) is 7.41. The Balaban J connectivity index is 2.09. The maximum absolute atomic E-state index is 12.5. The second-order valence-electron chi connectivity index (χ2n) is 6.62. The topological polar surface area (TPSA) is 88.7 Å². The minimum Gasteiger partial charge on any atom is -0.318 e. The van der Waals surface area contributed by atoms with Gasteiger partial charge in [0, 0.05) is 37.2 Å². The largest absolute Gasteiger partial charge is 0.318 e. The average molecular weight is 433 g/mol. The van der Waals surface area contributed by atoms with Crippen molar-refractivity contribution >= 4 is 52.5 Å². The van der Waals surface area contributed by atoms with Crippen molar-refractivity contribution in [1.82, 2.24) is 14.4 Å². The predicted molar refractivity (Wildman–Crippen MR) is 113 cm³/mol. The van der Waals surface area contributed by atoms with Crippen molar-refractivity contribution in [2.45, 2.75) is 13.8 Å². The first-order valence-corrected chi connectivity index (χ1v) is 9.28. The van der Waals surface area contributed by atoms with E-state index in [1.54, 1.807) is 6.07 Å². The van der Waals surface area contributed by atoms with Crippen LogP contribution in [0.25, 0.3) is 11.8 Å². The Morgan fingerprint density at radius 2 is 1.69 bits per heavy atom. The van der Waals surface area contributed by atoms with E-state index in [1.165, 1.54) is 42.1 Å². The molecular formula is C19H17ClN4O4S.